The van der Waals surface area contributed by atoms with Gasteiger partial charge in [-0.1, -0.05) is 102 Å². The molecule has 6 aromatic rings. The number of benzene rings is 4. The molecule has 2 heterocycles. The Morgan fingerprint density at radius 2 is 1.02 bits per heavy atom. The fraction of sp³-hybridized carbons (Fsp3) is 0.268. The third-order valence-electron chi connectivity index (χ3n) is 8.50. The zero-order chi connectivity index (χ0) is 40.9. The van der Waals surface area contributed by atoms with Crippen LogP contribution in [0.1, 0.15) is 38.2 Å². The molecule has 298 valence electrons. The second-order valence-corrected chi connectivity index (χ2v) is 16.0. The number of aliphatic hydroxyl groups is 2. The Balaban J connectivity index is 0.000000371. The van der Waals surface area contributed by atoms with Crippen LogP contribution in [0.25, 0.3) is 49.5 Å². The average molecular weight is 849 g/mol. The van der Waals surface area contributed by atoms with Crippen LogP contribution < -0.4 is 68.9 Å². The predicted octanol–water partition coefficient (Wildman–Crippen LogP) is 0.501. The summed E-state index contributed by atoms with van der Waals surface area (Å²) < 4.78 is 66.8. The smallest absolute Gasteiger partial charge is 0.857 e. The summed E-state index contributed by atoms with van der Waals surface area (Å²) in [6.45, 7) is 6.86. The third-order valence-corrected chi connectivity index (χ3v) is 11.6. The van der Waals surface area contributed by atoms with Crippen LogP contribution in [0.2, 0.25) is 0 Å². The molecule has 0 saturated heterocycles. The summed E-state index contributed by atoms with van der Waals surface area (Å²) in [6, 6.07) is 31.7. The van der Waals surface area contributed by atoms with Crippen LogP contribution in [0.5, 0.6) is 0 Å². The van der Waals surface area contributed by atoms with Crippen molar-refractivity contribution in [2.75, 3.05) is 20.3 Å². The number of aromatic nitrogens is 2. The van der Waals surface area contributed by atoms with Crippen molar-refractivity contribution in [2.24, 2.45) is 0 Å². The molecular weight excluding hydrogens is 803 g/mol. The monoisotopic (exact) mass is 848 g/mol. The maximum Gasteiger partial charge on any atom is 1.00 e. The van der Waals surface area contributed by atoms with Gasteiger partial charge in [0, 0.05) is 35.3 Å². The van der Waals surface area contributed by atoms with Crippen LogP contribution in [0.3, 0.4) is 0 Å². The van der Waals surface area contributed by atoms with Crippen LogP contribution >= 0.6 is 0 Å². The Labute approximate surface area is 385 Å². The molecule has 0 saturated carbocycles. The van der Waals surface area contributed by atoms with Crippen molar-refractivity contribution in [2.45, 2.75) is 62.4 Å². The number of nitrogens with one attached hydrogen (secondary N) is 1. The van der Waals surface area contributed by atoms with Gasteiger partial charge in [-0.05, 0) is 69.0 Å². The molecule has 3 N–H and O–H groups in total. The first-order chi connectivity index (χ1) is 26.8. The number of nitrogens with zero attached hydrogens (tertiary/aromatic N) is 3. The largest absolute Gasteiger partial charge is 1.00 e. The first-order valence-electron chi connectivity index (χ1n) is 17.7. The van der Waals surface area contributed by atoms with Crippen molar-refractivity contribution in [3.8, 4) is 44.8 Å². The first-order valence-corrected chi connectivity index (χ1v) is 20.6. The summed E-state index contributed by atoms with van der Waals surface area (Å²) in [6.07, 6.45) is 0.662. The molecule has 0 bridgehead atoms. The summed E-state index contributed by atoms with van der Waals surface area (Å²) in [5.74, 6) is 1.32. The maximum absolute atomic E-state index is 12.4. The predicted molar refractivity (Wildman–Crippen MR) is 213 cm³/mol. The van der Waals surface area contributed by atoms with Crippen molar-refractivity contribution >= 4 is 20.0 Å². The molecule has 58 heavy (non-hydrogen) atoms. The fourth-order valence-electron chi connectivity index (χ4n) is 5.73. The SMILES string of the molecule is C[O-].Cc1onc(-c2ccccc2)c1-c1ccc(S(=O)(=O)N[C@H](C)CCO)cc1.Cc1onc(-c2ccccc2)c1-c1ccc(S(=O)(=O)[N-][C@H](C)CCO)cc1.[Na+].[Na+]. The Kier molecular flexibility index (Phi) is 21.4. The van der Waals surface area contributed by atoms with E-state index in [4.69, 9.17) is 24.4 Å². The van der Waals surface area contributed by atoms with Gasteiger partial charge in [-0.3, -0.25) is 0 Å². The minimum absolute atomic E-state index is 0. The van der Waals surface area contributed by atoms with Gasteiger partial charge in [0.1, 0.15) is 32.9 Å². The second kappa shape index (κ2) is 24.3. The molecule has 0 unspecified atom stereocenters. The molecule has 17 heteroatoms. The molecule has 0 spiro atoms. The van der Waals surface area contributed by atoms with Gasteiger partial charge in [0.25, 0.3) is 0 Å². The van der Waals surface area contributed by atoms with Crippen molar-refractivity contribution in [3.05, 3.63) is 125 Å². The first kappa shape index (κ1) is 51.1. The molecule has 13 nitrogen and oxygen atoms in total. The minimum atomic E-state index is -3.76. The molecule has 0 aliphatic rings. The maximum atomic E-state index is 12.4. The van der Waals surface area contributed by atoms with E-state index in [-0.39, 0.29) is 88.2 Å². The van der Waals surface area contributed by atoms with Gasteiger partial charge >= 0.3 is 59.1 Å². The van der Waals surface area contributed by atoms with Gasteiger partial charge in [-0.15, -0.1) is 6.04 Å². The fourth-order valence-corrected chi connectivity index (χ4v) is 8.19. The topological polar surface area (TPSA) is 210 Å². The van der Waals surface area contributed by atoms with Gasteiger partial charge in [-0.25, -0.2) is 21.6 Å². The molecule has 2 atom stereocenters. The number of aryl methyl sites for hydroxylation is 2. The van der Waals surface area contributed by atoms with Gasteiger partial charge < -0.3 is 29.1 Å². The number of hydrogen-bond donors (Lipinski definition) is 3. The molecule has 0 aliphatic carbocycles. The molecule has 0 amide bonds. The van der Waals surface area contributed by atoms with Gasteiger partial charge in [0.15, 0.2) is 0 Å². The Bertz CT molecular complexity index is 2180. The van der Waals surface area contributed by atoms with Crippen molar-refractivity contribution in [1.29, 1.82) is 0 Å². The van der Waals surface area contributed by atoms with E-state index in [1.54, 1.807) is 50.2 Å². The quantitative estimate of drug-likeness (QED) is 0.129. The zero-order valence-corrected chi connectivity index (χ0v) is 39.4. The Hall–Kier alpha value is -3.00. The van der Waals surface area contributed by atoms with E-state index < -0.39 is 26.1 Å². The standard InChI is InChI=1S/C20H22N2O4S.C20H21N2O4S.CH3O.2Na/c2*1-14(12-13-23)22-27(24,25)18-10-8-16(9-11-18)19-15(2)26-21-20(19)17-6-4-3-5-7-17;1-2;;/h3-11,14,22-23H,12-13H2,1-2H3;3-11,14,23H,12-13H2,1-2H3;1H3;;/q;2*-1;2*+1/t2*14-;;;/m11.../s1. The van der Waals surface area contributed by atoms with Gasteiger partial charge in [0.2, 0.25) is 10.0 Å². The molecule has 0 fully saturated rings. The van der Waals surface area contributed by atoms with Crippen LogP contribution in [0.4, 0.5) is 0 Å². The molecule has 0 radical (unpaired) electrons. The minimum Gasteiger partial charge on any atom is -0.857 e. The van der Waals surface area contributed by atoms with E-state index in [0.29, 0.717) is 30.1 Å². The van der Waals surface area contributed by atoms with Crippen LogP contribution in [-0.2, 0) is 20.0 Å². The number of sulfonamides is 2. The Morgan fingerprint density at radius 3 is 1.41 bits per heavy atom. The summed E-state index contributed by atoms with van der Waals surface area (Å²) in [4.78, 5) is 0.290. The van der Waals surface area contributed by atoms with E-state index in [0.717, 1.165) is 46.2 Å². The van der Waals surface area contributed by atoms with E-state index in [1.807, 2.05) is 74.5 Å². The normalized spacial score (nSPS) is 12.1. The van der Waals surface area contributed by atoms with E-state index in [2.05, 4.69) is 19.8 Å². The number of rotatable bonds is 14. The average Bonchev–Trinajstić information content (AvgIpc) is 3.78. The van der Waals surface area contributed by atoms with E-state index in [1.165, 1.54) is 12.1 Å². The number of aliphatic hydroxyl groups excluding tert-OH is 2. The molecule has 2 aromatic heterocycles. The summed E-state index contributed by atoms with van der Waals surface area (Å²) in [7, 11) is -6.65. The molecule has 4 aromatic carbocycles. The summed E-state index contributed by atoms with van der Waals surface area (Å²) in [5.41, 5.74) is 6.60. The van der Waals surface area contributed by atoms with Crippen molar-refractivity contribution in [3.63, 3.8) is 0 Å². The number of hydrogen-bond acceptors (Lipinski definition) is 11. The van der Waals surface area contributed by atoms with Crippen LogP contribution in [0, 0.1) is 13.8 Å². The molecule has 0 aliphatic heterocycles. The van der Waals surface area contributed by atoms with Crippen LogP contribution in [0.15, 0.2) is 128 Å². The van der Waals surface area contributed by atoms with Crippen molar-refractivity contribution in [1.82, 2.24) is 15.0 Å². The molecule has 6 rings (SSSR count). The Morgan fingerprint density at radius 1 is 0.621 bits per heavy atom. The summed E-state index contributed by atoms with van der Waals surface area (Å²) >= 11 is 0. The van der Waals surface area contributed by atoms with Gasteiger partial charge in [0.05, 0.1) is 16.0 Å². The van der Waals surface area contributed by atoms with E-state index >= 15 is 0 Å². The van der Waals surface area contributed by atoms with E-state index in [9.17, 15) is 16.8 Å². The summed E-state index contributed by atoms with van der Waals surface area (Å²) in [5, 5.41) is 34.4. The van der Waals surface area contributed by atoms with Crippen molar-refractivity contribution < 1.29 is 100 Å². The third kappa shape index (κ3) is 13.5. The van der Waals surface area contributed by atoms with Crippen LogP contribution in [-0.4, -0.2) is 69.8 Å². The van der Waals surface area contributed by atoms with Gasteiger partial charge in [-0.2, -0.15) is 7.11 Å². The molecular formula is C41H46N4Na2O9S2. The second-order valence-electron chi connectivity index (χ2n) is 12.7. The zero-order valence-electron chi connectivity index (χ0n) is 33.8.